The van der Waals surface area contributed by atoms with Crippen molar-refractivity contribution < 1.29 is 38.0 Å². The number of ether oxygens (including phenoxy) is 2. The van der Waals surface area contributed by atoms with Crippen LogP contribution in [0.5, 0.6) is 0 Å². The standard InChI is InChI=1S/C27H33F3N4O5S/c1-15-4-3-7-31-23(15)26(27(37)5-8-39-9-6-27)40-14-20(38-2)24(25(36)21(40)13-35)34-12-19(32-33-34)16-10-17(28)22(30)18(29)11-16/h3-4,7,10-12,20-21,24-26,35-37,40H,5-6,8-9,13-14H2,1-2H3/t20-,21+,24+,25-,26+/m0/s1. The van der Waals surface area contributed by atoms with E-state index in [1.807, 2.05) is 19.1 Å². The Hall–Kier alpha value is -2.55. The van der Waals surface area contributed by atoms with Crippen LogP contribution in [-0.2, 0) is 9.47 Å². The Balaban J connectivity index is 1.52. The van der Waals surface area contributed by atoms with Gasteiger partial charge in [-0.1, -0.05) is 11.3 Å². The quantitative estimate of drug-likeness (QED) is 0.248. The van der Waals surface area contributed by atoms with Crippen LogP contribution in [0.15, 0.2) is 36.7 Å². The van der Waals surface area contributed by atoms with Crippen molar-refractivity contribution in [2.45, 2.75) is 54.1 Å². The zero-order valence-corrected chi connectivity index (χ0v) is 23.0. The van der Waals surface area contributed by atoms with Gasteiger partial charge in [-0.05, 0) is 30.7 Å². The number of aryl methyl sites for hydroxylation is 1. The van der Waals surface area contributed by atoms with E-state index in [2.05, 4.69) is 15.3 Å². The number of rotatable bonds is 7. The summed E-state index contributed by atoms with van der Waals surface area (Å²) in [7, 11) is 0.195. The average molecular weight is 583 g/mol. The lowest BCUT2D eigenvalue weighted by Gasteiger charge is -2.53. The van der Waals surface area contributed by atoms with Crippen molar-refractivity contribution in [2.75, 3.05) is 32.7 Å². The van der Waals surface area contributed by atoms with E-state index in [0.717, 1.165) is 23.4 Å². The Morgan fingerprint density at radius 2 is 1.93 bits per heavy atom. The number of methoxy groups -OCH3 is 1. The van der Waals surface area contributed by atoms with Crippen LogP contribution in [0.3, 0.4) is 0 Å². The first-order valence-electron chi connectivity index (χ1n) is 13.0. The van der Waals surface area contributed by atoms with Gasteiger partial charge in [-0.3, -0.25) is 4.98 Å². The van der Waals surface area contributed by atoms with Gasteiger partial charge >= 0.3 is 0 Å². The summed E-state index contributed by atoms with van der Waals surface area (Å²) in [5, 5.41) is 41.3. The van der Waals surface area contributed by atoms with Crippen LogP contribution >= 0.6 is 10.9 Å². The van der Waals surface area contributed by atoms with Crippen molar-refractivity contribution in [3.8, 4) is 11.3 Å². The normalized spacial score (nSPS) is 28.4. The maximum absolute atomic E-state index is 13.8. The monoisotopic (exact) mass is 582 g/mol. The molecule has 5 rings (SSSR count). The van der Waals surface area contributed by atoms with Crippen LogP contribution in [0.1, 0.15) is 35.4 Å². The first-order chi connectivity index (χ1) is 19.2. The van der Waals surface area contributed by atoms with Gasteiger partial charge in [0.2, 0.25) is 0 Å². The molecule has 2 aromatic heterocycles. The van der Waals surface area contributed by atoms with Crippen LogP contribution in [-0.4, -0.2) is 91.0 Å². The average Bonchev–Trinajstić information content (AvgIpc) is 3.42. The highest BCUT2D eigenvalue weighted by Crippen LogP contribution is 2.59. The zero-order valence-electron chi connectivity index (χ0n) is 22.1. The number of nitrogens with zero attached hydrogens (tertiary/aromatic N) is 4. The summed E-state index contributed by atoms with van der Waals surface area (Å²) in [6.07, 6.45) is 2.09. The molecule has 2 fully saturated rings. The number of pyridine rings is 1. The van der Waals surface area contributed by atoms with Crippen molar-refractivity contribution in [1.82, 2.24) is 20.0 Å². The molecule has 9 nitrogen and oxygen atoms in total. The molecule has 2 saturated heterocycles. The van der Waals surface area contributed by atoms with E-state index in [0.29, 0.717) is 31.8 Å². The van der Waals surface area contributed by atoms with E-state index in [1.54, 1.807) is 6.20 Å². The first kappa shape index (κ1) is 29.0. The number of aliphatic hydroxyl groups excluding tert-OH is 2. The van der Waals surface area contributed by atoms with Crippen molar-refractivity contribution in [3.05, 3.63) is 65.4 Å². The molecule has 3 aromatic rings. The van der Waals surface area contributed by atoms with Crippen molar-refractivity contribution in [2.24, 2.45) is 0 Å². The summed E-state index contributed by atoms with van der Waals surface area (Å²) in [4.78, 5) is 4.65. The molecule has 2 aliphatic heterocycles. The lowest BCUT2D eigenvalue weighted by atomic mass is 9.87. The molecule has 218 valence electrons. The predicted molar refractivity (Wildman–Crippen MR) is 143 cm³/mol. The lowest BCUT2D eigenvalue weighted by molar-refractivity contribution is -0.0668. The minimum Gasteiger partial charge on any atom is -0.395 e. The summed E-state index contributed by atoms with van der Waals surface area (Å²) in [5.41, 5.74) is 0.526. The van der Waals surface area contributed by atoms with Crippen molar-refractivity contribution in [3.63, 3.8) is 0 Å². The molecular formula is C27H33F3N4O5S. The molecule has 3 N–H and O–H groups in total. The van der Waals surface area contributed by atoms with Crippen molar-refractivity contribution in [1.29, 1.82) is 0 Å². The molecule has 4 heterocycles. The number of hydrogen-bond acceptors (Lipinski definition) is 8. The molecule has 6 atom stereocenters. The molecule has 0 spiro atoms. The Labute approximate surface area is 232 Å². The maximum Gasteiger partial charge on any atom is 0.194 e. The third kappa shape index (κ3) is 5.26. The molecule has 2 aliphatic rings. The van der Waals surface area contributed by atoms with Gasteiger partial charge in [0, 0.05) is 55.9 Å². The molecule has 0 saturated carbocycles. The molecule has 0 radical (unpaired) electrons. The second-order valence-electron chi connectivity index (χ2n) is 10.4. The van der Waals surface area contributed by atoms with E-state index in [9.17, 15) is 28.5 Å². The van der Waals surface area contributed by atoms with Gasteiger partial charge in [0.05, 0.1) is 41.6 Å². The summed E-state index contributed by atoms with van der Waals surface area (Å²) < 4.78 is 53.9. The Morgan fingerprint density at radius 3 is 2.55 bits per heavy atom. The van der Waals surface area contributed by atoms with Gasteiger partial charge in [-0.2, -0.15) is 0 Å². The molecule has 1 unspecified atom stereocenters. The second-order valence-corrected chi connectivity index (χ2v) is 12.9. The third-order valence-electron chi connectivity index (χ3n) is 8.04. The summed E-state index contributed by atoms with van der Waals surface area (Å²) in [6.45, 7) is 2.34. The minimum absolute atomic E-state index is 0.0182. The third-order valence-corrected chi connectivity index (χ3v) is 11.5. The molecular weight excluding hydrogens is 549 g/mol. The number of benzene rings is 1. The second kappa shape index (κ2) is 11.7. The fourth-order valence-corrected chi connectivity index (χ4v) is 9.79. The van der Waals surface area contributed by atoms with E-state index in [4.69, 9.17) is 9.47 Å². The minimum atomic E-state index is -1.58. The molecule has 13 heteroatoms. The van der Waals surface area contributed by atoms with Crippen LogP contribution in [0.2, 0.25) is 0 Å². The SMILES string of the molecule is CO[C@H]1C[SH]([C@H](c2ncccc2C)C2(O)CCOCC2)[C@H](CO)[C@H](O)[C@@H]1n1cc(-c2cc(F)c(F)c(F)c2)nn1. The summed E-state index contributed by atoms with van der Waals surface area (Å²) >= 11 is 0. The number of thiol groups is 1. The Morgan fingerprint density at radius 1 is 1.23 bits per heavy atom. The Kier molecular flexibility index (Phi) is 8.50. The van der Waals surface area contributed by atoms with Gasteiger partial charge in [0.1, 0.15) is 11.7 Å². The molecule has 0 bridgehead atoms. The lowest BCUT2D eigenvalue weighted by Crippen LogP contribution is -2.54. The predicted octanol–water partition coefficient (Wildman–Crippen LogP) is 2.64. The molecule has 40 heavy (non-hydrogen) atoms. The van der Waals surface area contributed by atoms with Gasteiger partial charge in [0.15, 0.2) is 17.5 Å². The van der Waals surface area contributed by atoms with E-state index >= 15 is 0 Å². The summed E-state index contributed by atoms with van der Waals surface area (Å²) in [5.74, 6) is -3.89. The number of hydrogen-bond donors (Lipinski definition) is 4. The van der Waals surface area contributed by atoms with Gasteiger partial charge < -0.3 is 24.8 Å². The van der Waals surface area contributed by atoms with Crippen LogP contribution in [0.4, 0.5) is 13.2 Å². The topological polar surface area (TPSA) is 123 Å². The molecule has 0 amide bonds. The number of aromatic nitrogens is 4. The highest BCUT2D eigenvalue weighted by atomic mass is 32.2. The Bertz CT molecular complexity index is 1320. The number of halogens is 3. The van der Waals surface area contributed by atoms with E-state index in [1.165, 1.54) is 18.0 Å². The first-order valence-corrected chi connectivity index (χ1v) is 14.7. The zero-order chi connectivity index (χ0) is 28.6. The van der Waals surface area contributed by atoms with Crippen LogP contribution < -0.4 is 0 Å². The van der Waals surface area contributed by atoms with E-state index in [-0.39, 0.29) is 17.9 Å². The fourth-order valence-electron chi connectivity index (χ4n) is 5.91. The number of aliphatic hydroxyl groups is 3. The van der Waals surface area contributed by atoms with Crippen LogP contribution in [0, 0.1) is 24.4 Å². The maximum atomic E-state index is 13.8. The van der Waals surface area contributed by atoms with Crippen molar-refractivity contribution >= 4 is 10.9 Å². The van der Waals surface area contributed by atoms with Gasteiger partial charge in [0.25, 0.3) is 0 Å². The molecule has 0 aliphatic carbocycles. The molecule has 1 aromatic carbocycles. The van der Waals surface area contributed by atoms with E-state index < -0.39 is 62.7 Å². The van der Waals surface area contributed by atoms with Gasteiger partial charge in [-0.25, -0.2) is 28.7 Å². The largest absolute Gasteiger partial charge is 0.395 e. The fraction of sp³-hybridized carbons (Fsp3) is 0.519. The highest BCUT2D eigenvalue weighted by Gasteiger charge is 2.52. The smallest absolute Gasteiger partial charge is 0.194 e. The highest BCUT2D eigenvalue weighted by molar-refractivity contribution is 8.18. The van der Waals surface area contributed by atoms with Crippen LogP contribution in [0.25, 0.3) is 11.3 Å². The van der Waals surface area contributed by atoms with Gasteiger partial charge in [-0.15, -0.1) is 5.10 Å². The summed E-state index contributed by atoms with van der Waals surface area (Å²) in [6, 6.07) is 4.60.